The molecule has 23 heavy (non-hydrogen) atoms. The molecule has 5 nitrogen and oxygen atoms in total. The summed E-state index contributed by atoms with van der Waals surface area (Å²) in [4.78, 5) is 23.0. The van der Waals surface area contributed by atoms with Gasteiger partial charge in [-0.25, -0.2) is 0 Å². The molecule has 2 aromatic rings. The Balaban J connectivity index is 1.74. The van der Waals surface area contributed by atoms with Crippen LogP contribution in [-0.4, -0.2) is 33.9 Å². The third kappa shape index (κ3) is 3.10. The van der Waals surface area contributed by atoms with E-state index >= 15 is 0 Å². The average molecular weight is 310 g/mol. The second-order valence-corrected chi connectivity index (χ2v) is 5.99. The Morgan fingerprint density at radius 1 is 1.26 bits per heavy atom. The smallest absolute Gasteiger partial charge is 0.244 e. The lowest BCUT2D eigenvalue weighted by atomic mass is 9.91. The standard InChI is InChI=1S/C18H22N4O/c19-17(23)18(16-14-20-10-11-21-16)9-5-13-22(18)12-4-8-15-6-2-1-3-7-15/h1-3,6-7,10-11,14H,4-5,8-9,12-13H2,(H2,19,23). The number of nitrogens with two attached hydrogens (primary N) is 1. The lowest BCUT2D eigenvalue weighted by Crippen LogP contribution is -2.52. The number of carbonyl (C=O) groups is 1. The van der Waals surface area contributed by atoms with Gasteiger partial charge in [0.15, 0.2) is 0 Å². The van der Waals surface area contributed by atoms with Crippen LogP contribution >= 0.6 is 0 Å². The van der Waals surface area contributed by atoms with Crippen molar-refractivity contribution in [2.45, 2.75) is 31.2 Å². The van der Waals surface area contributed by atoms with Crippen LogP contribution in [0.3, 0.4) is 0 Å². The highest BCUT2D eigenvalue weighted by atomic mass is 16.1. The quantitative estimate of drug-likeness (QED) is 0.884. The average Bonchev–Trinajstić information content (AvgIpc) is 3.02. The van der Waals surface area contributed by atoms with Gasteiger partial charge in [0.25, 0.3) is 0 Å². The van der Waals surface area contributed by atoms with Crippen molar-refractivity contribution in [3.8, 4) is 0 Å². The summed E-state index contributed by atoms with van der Waals surface area (Å²) in [7, 11) is 0. The number of aryl methyl sites for hydroxylation is 1. The number of primary amides is 1. The summed E-state index contributed by atoms with van der Waals surface area (Å²) in [6.45, 7) is 1.70. The Hall–Kier alpha value is -2.27. The molecule has 0 bridgehead atoms. The van der Waals surface area contributed by atoms with Crippen LogP contribution in [0.1, 0.15) is 30.5 Å². The number of nitrogens with zero attached hydrogens (tertiary/aromatic N) is 3. The number of aromatic nitrogens is 2. The zero-order valence-electron chi connectivity index (χ0n) is 13.2. The summed E-state index contributed by atoms with van der Waals surface area (Å²) >= 11 is 0. The molecule has 1 fully saturated rings. The third-order valence-corrected chi connectivity index (χ3v) is 4.64. The molecular weight excluding hydrogens is 288 g/mol. The molecule has 0 aliphatic carbocycles. The first-order chi connectivity index (χ1) is 11.2. The van der Waals surface area contributed by atoms with Gasteiger partial charge in [-0.05, 0) is 44.3 Å². The van der Waals surface area contributed by atoms with Crippen molar-refractivity contribution in [3.05, 3.63) is 60.2 Å². The fourth-order valence-electron chi connectivity index (χ4n) is 3.50. The van der Waals surface area contributed by atoms with Crippen molar-refractivity contribution in [2.24, 2.45) is 5.73 Å². The minimum atomic E-state index is -0.801. The third-order valence-electron chi connectivity index (χ3n) is 4.64. The van der Waals surface area contributed by atoms with Gasteiger partial charge in [-0.1, -0.05) is 30.3 Å². The van der Waals surface area contributed by atoms with Crippen molar-refractivity contribution in [3.63, 3.8) is 0 Å². The maximum absolute atomic E-state index is 12.3. The number of benzene rings is 1. The van der Waals surface area contributed by atoms with Gasteiger partial charge in [-0.3, -0.25) is 19.7 Å². The van der Waals surface area contributed by atoms with Gasteiger partial charge in [-0.2, -0.15) is 0 Å². The van der Waals surface area contributed by atoms with Gasteiger partial charge in [-0.15, -0.1) is 0 Å². The maximum Gasteiger partial charge on any atom is 0.244 e. The molecule has 1 aromatic carbocycles. The number of hydrogen-bond acceptors (Lipinski definition) is 4. The monoisotopic (exact) mass is 310 g/mol. The first-order valence-electron chi connectivity index (χ1n) is 8.09. The summed E-state index contributed by atoms with van der Waals surface area (Å²) in [5.41, 5.74) is 6.98. The molecule has 2 heterocycles. The number of likely N-dealkylation sites (tertiary alicyclic amines) is 1. The highest BCUT2D eigenvalue weighted by Gasteiger charge is 2.48. The van der Waals surface area contributed by atoms with Crippen LogP contribution in [0.4, 0.5) is 0 Å². The fourth-order valence-corrected chi connectivity index (χ4v) is 3.50. The van der Waals surface area contributed by atoms with E-state index < -0.39 is 5.54 Å². The van der Waals surface area contributed by atoms with Crippen LogP contribution < -0.4 is 5.73 Å². The molecule has 120 valence electrons. The van der Waals surface area contributed by atoms with Crippen molar-refractivity contribution < 1.29 is 4.79 Å². The molecule has 1 amide bonds. The Kier molecular flexibility index (Phi) is 4.67. The molecule has 1 unspecified atom stereocenters. The van der Waals surface area contributed by atoms with Crippen LogP contribution in [0.5, 0.6) is 0 Å². The number of rotatable bonds is 6. The van der Waals surface area contributed by atoms with E-state index in [4.69, 9.17) is 5.73 Å². The van der Waals surface area contributed by atoms with Crippen LogP contribution in [0.15, 0.2) is 48.9 Å². The summed E-state index contributed by atoms with van der Waals surface area (Å²) in [6.07, 6.45) is 8.55. The van der Waals surface area contributed by atoms with Gasteiger partial charge in [0.2, 0.25) is 5.91 Å². The van der Waals surface area contributed by atoms with Gasteiger partial charge in [0, 0.05) is 12.4 Å². The second kappa shape index (κ2) is 6.87. The second-order valence-electron chi connectivity index (χ2n) is 5.99. The Labute approximate surface area is 136 Å². The Morgan fingerprint density at radius 3 is 2.78 bits per heavy atom. The molecule has 1 aliphatic heterocycles. The van der Waals surface area contributed by atoms with Gasteiger partial charge < -0.3 is 5.73 Å². The molecular formula is C18H22N4O. The Bertz CT molecular complexity index is 647. The van der Waals surface area contributed by atoms with Crippen LogP contribution in [0, 0.1) is 0 Å². The molecule has 1 atom stereocenters. The maximum atomic E-state index is 12.3. The van der Waals surface area contributed by atoms with E-state index in [-0.39, 0.29) is 5.91 Å². The predicted octanol–water partition coefficient (Wildman–Crippen LogP) is 1.89. The summed E-state index contributed by atoms with van der Waals surface area (Å²) in [5.74, 6) is -0.324. The molecule has 1 saturated heterocycles. The topological polar surface area (TPSA) is 72.1 Å². The number of carbonyl (C=O) groups excluding carboxylic acids is 1. The van der Waals surface area contributed by atoms with Crippen molar-refractivity contribution in [1.82, 2.24) is 14.9 Å². The van der Waals surface area contributed by atoms with Crippen molar-refractivity contribution >= 4 is 5.91 Å². The molecule has 1 aromatic heterocycles. The molecule has 0 saturated carbocycles. The number of hydrogen-bond donors (Lipinski definition) is 1. The zero-order valence-corrected chi connectivity index (χ0v) is 13.2. The summed E-state index contributed by atoms with van der Waals surface area (Å²) < 4.78 is 0. The minimum Gasteiger partial charge on any atom is -0.368 e. The van der Waals surface area contributed by atoms with Gasteiger partial charge in [0.05, 0.1) is 11.9 Å². The lowest BCUT2D eigenvalue weighted by Gasteiger charge is -2.35. The van der Waals surface area contributed by atoms with Crippen molar-refractivity contribution in [1.29, 1.82) is 0 Å². The normalized spacial score (nSPS) is 21.4. The zero-order chi connectivity index (χ0) is 16.1. The SMILES string of the molecule is NC(=O)C1(c2cnccn2)CCCN1CCCc1ccccc1. The number of amides is 1. The lowest BCUT2D eigenvalue weighted by molar-refractivity contribution is -0.129. The predicted molar refractivity (Wildman–Crippen MR) is 88.5 cm³/mol. The first-order valence-corrected chi connectivity index (χ1v) is 8.09. The van der Waals surface area contributed by atoms with Crippen LogP contribution in [0.2, 0.25) is 0 Å². The van der Waals surface area contributed by atoms with E-state index in [1.807, 2.05) is 6.07 Å². The van der Waals surface area contributed by atoms with E-state index in [0.717, 1.165) is 32.4 Å². The van der Waals surface area contributed by atoms with Crippen molar-refractivity contribution in [2.75, 3.05) is 13.1 Å². The Morgan fingerprint density at radius 2 is 2.09 bits per heavy atom. The molecule has 3 rings (SSSR count). The summed E-state index contributed by atoms with van der Waals surface area (Å²) in [6, 6.07) is 10.4. The van der Waals surface area contributed by atoms with E-state index in [9.17, 15) is 4.79 Å². The minimum absolute atomic E-state index is 0.324. The fraction of sp³-hybridized carbons (Fsp3) is 0.389. The van der Waals surface area contributed by atoms with Crippen LogP contribution in [0.25, 0.3) is 0 Å². The van der Waals surface area contributed by atoms with Gasteiger partial charge >= 0.3 is 0 Å². The van der Waals surface area contributed by atoms with E-state index in [1.54, 1.807) is 18.6 Å². The molecule has 0 spiro atoms. The highest BCUT2D eigenvalue weighted by molar-refractivity contribution is 5.86. The van der Waals surface area contributed by atoms with Gasteiger partial charge in [0.1, 0.15) is 5.54 Å². The molecule has 1 aliphatic rings. The molecule has 0 radical (unpaired) electrons. The van der Waals surface area contributed by atoms with E-state index in [2.05, 4.69) is 39.1 Å². The van der Waals surface area contributed by atoms with Crippen LogP contribution in [-0.2, 0) is 16.8 Å². The molecule has 5 heteroatoms. The van der Waals surface area contributed by atoms with E-state index in [1.165, 1.54) is 5.56 Å². The largest absolute Gasteiger partial charge is 0.368 e. The molecule has 2 N–H and O–H groups in total. The first kappa shape index (κ1) is 15.6. The summed E-state index contributed by atoms with van der Waals surface area (Å²) in [5, 5.41) is 0. The highest BCUT2D eigenvalue weighted by Crippen LogP contribution is 2.37. The van der Waals surface area contributed by atoms with E-state index in [0.29, 0.717) is 12.1 Å².